The first kappa shape index (κ1) is 14.2. The summed E-state index contributed by atoms with van der Waals surface area (Å²) < 4.78 is 0. The average Bonchev–Trinajstić information content (AvgIpc) is 2.62. The molecule has 0 bridgehead atoms. The Labute approximate surface area is 138 Å². The highest BCUT2D eigenvalue weighted by Crippen LogP contribution is 2.29. The number of rotatable bonds is 2. The van der Waals surface area contributed by atoms with E-state index in [0.29, 0.717) is 17.1 Å². The van der Waals surface area contributed by atoms with Gasteiger partial charge in [-0.05, 0) is 29.7 Å². The molecule has 1 aromatic heterocycles. The number of fused-ring (bicyclic) bond motifs is 3. The fourth-order valence-corrected chi connectivity index (χ4v) is 2.86. The van der Waals surface area contributed by atoms with Crippen LogP contribution in [0.4, 0.5) is 11.5 Å². The molecule has 1 heterocycles. The fraction of sp³-hybridized carbons (Fsp3) is 0. The van der Waals surface area contributed by atoms with Crippen LogP contribution >= 0.6 is 0 Å². The van der Waals surface area contributed by atoms with Gasteiger partial charge in [0.15, 0.2) is 0 Å². The van der Waals surface area contributed by atoms with Crippen LogP contribution in [-0.2, 0) is 0 Å². The summed E-state index contributed by atoms with van der Waals surface area (Å²) >= 11 is 0. The van der Waals surface area contributed by atoms with Crippen molar-refractivity contribution in [3.63, 3.8) is 0 Å². The Kier molecular flexibility index (Phi) is 3.35. The topological polar surface area (TPSA) is 68.0 Å². The molecule has 0 aliphatic heterocycles. The fourth-order valence-electron chi connectivity index (χ4n) is 2.86. The molecular weight excluding hydrogens is 298 g/mol. The number of nitrogens with two attached hydrogens (primary N) is 1. The molecule has 4 aromatic rings. The number of nitrogens with zero attached hydrogens (tertiary/aromatic N) is 1. The minimum Gasteiger partial charge on any atom is -0.399 e. The van der Waals surface area contributed by atoms with Gasteiger partial charge in [0.05, 0.1) is 5.52 Å². The maximum atomic E-state index is 12.5. The van der Waals surface area contributed by atoms with Gasteiger partial charge in [-0.25, -0.2) is 4.98 Å². The van der Waals surface area contributed by atoms with Gasteiger partial charge in [0.25, 0.3) is 5.91 Å². The number of pyridine rings is 1. The lowest BCUT2D eigenvalue weighted by Crippen LogP contribution is -2.13. The van der Waals surface area contributed by atoms with Crippen LogP contribution in [0.3, 0.4) is 0 Å². The molecule has 0 saturated carbocycles. The molecule has 0 aliphatic rings. The van der Waals surface area contributed by atoms with Gasteiger partial charge in [0.2, 0.25) is 0 Å². The lowest BCUT2D eigenvalue weighted by molar-refractivity contribution is 0.102. The first-order valence-electron chi connectivity index (χ1n) is 7.67. The van der Waals surface area contributed by atoms with Gasteiger partial charge in [-0.1, -0.05) is 48.5 Å². The highest BCUT2D eigenvalue weighted by atomic mass is 16.1. The number of aromatic nitrogens is 1. The van der Waals surface area contributed by atoms with E-state index in [4.69, 9.17) is 5.73 Å². The van der Waals surface area contributed by atoms with Crippen molar-refractivity contribution in [2.24, 2.45) is 0 Å². The molecule has 3 N–H and O–H groups in total. The summed E-state index contributed by atoms with van der Waals surface area (Å²) in [7, 11) is 0. The van der Waals surface area contributed by atoms with E-state index in [-0.39, 0.29) is 5.91 Å². The van der Waals surface area contributed by atoms with Crippen LogP contribution in [0.25, 0.3) is 21.7 Å². The molecule has 0 spiro atoms. The van der Waals surface area contributed by atoms with E-state index < -0.39 is 0 Å². The highest BCUT2D eigenvalue weighted by molar-refractivity contribution is 6.14. The van der Waals surface area contributed by atoms with Crippen molar-refractivity contribution < 1.29 is 4.79 Å². The number of hydrogen-bond donors (Lipinski definition) is 2. The van der Waals surface area contributed by atoms with Crippen LogP contribution in [0.5, 0.6) is 0 Å². The summed E-state index contributed by atoms with van der Waals surface area (Å²) in [5.74, 6) is 0.326. The number of para-hydroxylation sites is 1. The van der Waals surface area contributed by atoms with Gasteiger partial charge in [-0.2, -0.15) is 0 Å². The van der Waals surface area contributed by atoms with E-state index in [2.05, 4.69) is 10.3 Å². The van der Waals surface area contributed by atoms with Crippen molar-refractivity contribution in [1.29, 1.82) is 0 Å². The van der Waals surface area contributed by atoms with E-state index in [0.717, 1.165) is 21.7 Å². The average molecular weight is 313 g/mol. The van der Waals surface area contributed by atoms with Crippen molar-refractivity contribution >= 4 is 39.1 Å². The zero-order valence-corrected chi connectivity index (χ0v) is 12.9. The van der Waals surface area contributed by atoms with Crippen LogP contribution in [0.15, 0.2) is 72.8 Å². The van der Waals surface area contributed by atoms with Crippen LogP contribution in [0.2, 0.25) is 0 Å². The SMILES string of the molecule is Nc1cccc(C(=O)Nc2nc3ccccc3c3ccccc23)c1. The summed E-state index contributed by atoms with van der Waals surface area (Å²) in [5, 5.41) is 5.95. The normalized spacial score (nSPS) is 10.8. The van der Waals surface area contributed by atoms with Gasteiger partial charge >= 0.3 is 0 Å². The molecular formula is C20H15N3O. The molecule has 0 atom stereocenters. The predicted molar refractivity (Wildman–Crippen MR) is 98.1 cm³/mol. The lowest BCUT2D eigenvalue weighted by atomic mass is 10.1. The summed E-state index contributed by atoms with van der Waals surface area (Å²) in [4.78, 5) is 17.2. The standard InChI is InChI=1S/C20H15N3O/c21-14-7-5-6-13(12-14)20(24)23-19-17-10-2-1-8-15(17)16-9-3-4-11-18(16)22-19/h1-12H,21H2,(H,22,23,24). The van der Waals surface area contributed by atoms with Crippen molar-refractivity contribution in [3.8, 4) is 0 Å². The molecule has 4 heteroatoms. The Morgan fingerprint density at radius 3 is 2.33 bits per heavy atom. The van der Waals surface area contributed by atoms with Crippen molar-refractivity contribution in [1.82, 2.24) is 4.98 Å². The van der Waals surface area contributed by atoms with E-state index in [1.807, 2.05) is 48.5 Å². The number of nitrogens with one attached hydrogen (secondary N) is 1. The van der Waals surface area contributed by atoms with E-state index >= 15 is 0 Å². The molecule has 4 nitrogen and oxygen atoms in total. The maximum absolute atomic E-state index is 12.5. The molecule has 116 valence electrons. The molecule has 24 heavy (non-hydrogen) atoms. The van der Waals surface area contributed by atoms with E-state index in [1.165, 1.54) is 0 Å². The van der Waals surface area contributed by atoms with Crippen LogP contribution < -0.4 is 11.1 Å². The van der Waals surface area contributed by atoms with Crippen LogP contribution in [0.1, 0.15) is 10.4 Å². The lowest BCUT2D eigenvalue weighted by Gasteiger charge is -2.11. The molecule has 0 aliphatic carbocycles. The summed E-state index contributed by atoms with van der Waals surface area (Å²) in [6.45, 7) is 0. The highest BCUT2D eigenvalue weighted by Gasteiger charge is 2.12. The molecule has 1 amide bonds. The third-order valence-corrected chi connectivity index (χ3v) is 3.99. The number of benzene rings is 3. The van der Waals surface area contributed by atoms with Gasteiger partial charge < -0.3 is 11.1 Å². The number of carbonyl (C=O) groups is 1. The van der Waals surface area contributed by atoms with Gasteiger partial charge in [0, 0.05) is 22.0 Å². The number of nitrogen functional groups attached to an aromatic ring is 1. The molecule has 0 saturated heterocycles. The summed E-state index contributed by atoms with van der Waals surface area (Å²) in [5.41, 5.74) is 7.67. The van der Waals surface area contributed by atoms with Gasteiger partial charge in [0.1, 0.15) is 5.82 Å². The second kappa shape index (κ2) is 5.66. The van der Waals surface area contributed by atoms with Gasteiger partial charge in [-0.15, -0.1) is 0 Å². The van der Waals surface area contributed by atoms with Crippen molar-refractivity contribution in [2.75, 3.05) is 11.1 Å². The Bertz CT molecular complexity index is 1070. The predicted octanol–water partition coefficient (Wildman–Crippen LogP) is 4.22. The third kappa shape index (κ3) is 2.44. The number of carbonyl (C=O) groups excluding carboxylic acids is 1. The second-order valence-electron chi connectivity index (χ2n) is 5.60. The van der Waals surface area contributed by atoms with Gasteiger partial charge in [-0.3, -0.25) is 4.79 Å². The zero-order valence-electron chi connectivity index (χ0n) is 12.9. The largest absolute Gasteiger partial charge is 0.399 e. The quantitative estimate of drug-likeness (QED) is 0.430. The Morgan fingerprint density at radius 2 is 1.54 bits per heavy atom. The molecule has 0 fully saturated rings. The Balaban J connectivity index is 1.85. The Hall–Kier alpha value is -3.40. The van der Waals surface area contributed by atoms with E-state index in [1.54, 1.807) is 24.3 Å². The molecule has 3 aromatic carbocycles. The second-order valence-corrected chi connectivity index (χ2v) is 5.60. The zero-order chi connectivity index (χ0) is 16.5. The first-order valence-corrected chi connectivity index (χ1v) is 7.67. The van der Waals surface area contributed by atoms with Crippen molar-refractivity contribution in [3.05, 3.63) is 78.4 Å². The first-order chi connectivity index (χ1) is 11.7. The maximum Gasteiger partial charge on any atom is 0.256 e. The van der Waals surface area contributed by atoms with Crippen LogP contribution in [0, 0.1) is 0 Å². The smallest absolute Gasteiger partial charge is 0.256 e. The third-order valence-electron chi connectivity index (χ3n) is 3.99. The minimum atomic E-state index is -0.227. The minimum absolute atomic E-state index is 0.227. The number of hydrogen-bond acceptors (Lipinski definition) is 3. The molecule has 4 rings (SSSR count). The monoisotopic (exact) mass is 313 g/mol. The number of amides is 1. The summed E-state index contributed by atoms with van der Waals surface area (Å²) in [6, 6.07) is 22.7. The summed E-state index contributed by atoms with van der Waals surface area (Å²) in [6.07, 6.45) is 0. The van der Waals surface area contributed by atoms with Crippen LogP contribution in [-0.4, -0.2) is 10.9 Å². The Morgan fingerprint density at radius 1 is 0.833 bits per heavy atom. The molecule has 0 unspecified atom stereocenters. The van der Waals surface area contributed by atoms with E-state index in [9.17, 15) is 4.79 Å². The van der Waals surface area contributed by atoms with Crippen molar-refractivity contribution in [2.45, 2.75) is 0 Å². The number of anilines is 2. The molecule has 0 radical (unpaired) electrons.